The van der Waals surface area contributed by atoms with E-state index >= 15 is 0 Å². The monoisotopic (exact) mass is 1820 g/mol. The molecule has 1 aliphatic carbocycles. The Labute approximate surface area is 790 Å². The number of benzene rings is 4. The van der Waals surface area contributed by atoms with Gasteiger partial charge in [-0.3, -0.25) is 19.2 Å². The summed E-state index contributed by atoms with van der Waals surface area (Å²) in [6, 6.07) is 45.6. The van der Waals surface area contributed by atoms with Crippen LogP contribution < -0.4 is 15.4 Å². The number of aromatic nitrogens is 5. The SMILES string of the molecule is C=C(C)N1CCC(C(C)(C)C)CC1.CC(C)(C)C1CC(c2ccccc2)C1.CC(C)(C)C1CCS(=O)(=O)C1.CC(C)(C)CCN1C(=O)CSc2ccccc21.CC(C)(C)c1ccc(Cn2ccccc2=O)o1.CC(C)(C)c1ccc(Cn2cncn2)cc1.CC(C)(C)c1ccc(N2CCCCC2=O)cc1.CC(C)N1CC(C(C)(C)C)CC1=O.Cc1nc(CC(C)(C)C)cs1. The van der Waals surface area contributed by atoms with Crippen molar-refractivity contribution >= 4 is 62.0 Å². The van der Waals surface area contributed by atoms with Crippen molar-refractivity contribution in [3.05, 3.63) is 225 Å². The lowest BCUT2D eigenvalue weighted by molar-refractivity contribution is -0.129. The van der Waals surface area contributed by atoms with E-state index in [1.165, 1.54) is 82.3 Å². The first-order chi connectivity index (χ1) is 59.6. The summed E-state index contributed by atoms with van der Waals surface area (Å²) in [5.74, 6) is 7.49. The zero-order valence-electron chi connectivity index (χ0n) is 85.6. The first-order valence-corrected chi connectivity index (χ1v) is 51.2. The van der Waals surface area contributed by atoms with Crippen molar-refractivity contribution in [2.45, 2.75) is 331 Å². The Bertz CT molecular complexity index is 4890. The highest BCUT2D eigenvalue weighted by atomic mass is 32.2. The first kappa shape index (κ1) is 110. The Morgan fingerprint density at radius 3 is 1.60 bits per heavy atom. The molecule has 4 aromatic heterocycles. The Balaban J connectivity index is 0.000000225. The summed E-state index contributed by atoms with van der Waals surface area (Å²) in [4.78, 5) is 64.7. The maximum Gasteiger partial charge on any atom is 0.250 e. The second-order valence-electron chi connectivity index (χ2n) is 46.6. The minimum absolute atomic E-state index is 0.000100. The second kappa shape index (κ2) is 47.7. The Kier molecular flexibility index (Phi) is 40.6. The molecule has 5 aliphatic heterocycles. The zero-order valence-corrected chi connectivity index (χ0v) is 88.1. The largest absolute Gasteiger partial charge is 0.464 e. The number of anilines is 2. The van der Waals surface area contributed by atoms with E-state index in [2.05, 4.69) is 331 Å². The number of aryl methyl sites for hydroxylation is 1. The van der Waals surface area contributed by atoms with Gasteiger partial charge < -0.3 is 28.6 Å². The molecule has 16 nitrogen and oxygen atoms in total. The van der Waals surface area contributed by atoms with Gasteiger partial charge in [0.05, 0.1) is 46.7 Å². The number of hydrogen-bond donors (Lipinski definition) is 0. The van der Waals surface area contributed by atoms with Crippen LogP contribution in [0.5, 0.6) is 0 Å². The third-order valence-electron chi connectivity index (χ3n) is 25.3. The number of sulfone groups is 1. The van der Waals surface area contributed by atoms with E-state index in [0.29, 0.717) is 70.3 Å². The molecule has 0 radical (unpaired) electrons. The number of fused-ring (bicyclic) bond motifs is 1. The molecule has 129 heavy (non-hydrogen) atoms. The van der Waals surface area contributed by atoms with Crippen molar-refractivity contribution in [2.24, 2.45) is 56.2 Å². The van der Waals surface area contributed by atoms with Crippen LogP contribution in [0, 0.1) is 63.1 Å². The third kappa shape index (κ3) is 38.3. The molecule has 6 aliphatic rings. The standard InChI is InChI=1S/C15H21NO.C14H17NO2.C14H19NOS.C14H20.C13H17N3.C12H23N.C11H21NO.C9H15NS.C8H16O2S/c1-15(2,3)12-7-9-13(10-8-12)16-11-5-4-6-14(16)17;1-14(2,3)12-8-7-11(17-12)10-15-9-5-4-6-13(15)16;1-14(2,3)8-9-15-11-6-4-5-7-12(11)17-10-13(15)16;1-14(2,3)13-9-12(10-13)11-7-5-4-6-8-11;1-13(2,3)12-6-4-11(5-7-12)8-16-10-14-9-15-16;1-10(2)13-8-6-11(7-9-13)12(3,4)5;1-8(2)12-7-9(6-10(12)13)11(3,4)5;1-7-10-8(6-11-7)5-9(2,3)4;1-8(2,3)7-4-5-11(9,10)6-7/h7-10H,4-6,11H2,1-3H3;4-9H,10H2,1-3H3;4-7H,8-10H2,1-3H3;4-8,12-13H,9-10H2,1-3H3;4-7,9-10H,8H2,1-3H3;11H,1,6-9H2,2-5H3;8-9H,6-7H2,1-5H3;6H,5H2,1-4H3;7H,4-6H2,1-3H3. The summed E-state index contributed by atoms with van der Waals surface area (Å²) in [7, 11) is -2.68. The van der Waals surface area contributed by atoms with Crippen LogP contribution in [-0.4, -0.2) is 116 Å². The van der Waals surface area contributed by atoms with Crippen molar-refractivity contribution in [3.63, 3.8) is 0 Å². The fourth-order valence-corrected chi connectivity index (χ4v) is 19.7. The number of nitrogens with zero attached hydrogens (tertiary/aromatic N) is 9. The average Bonchev–Trinajstić information content (AvgIpc) is 1.77. The highest BCUT2D eigenvalue weighted by molar-refractivity contribution is 8.00. The maximum atomic E-state index is 12.0. The predicted molar refractivity (Wildman–Crippen MR) is 547 cm³/mol. The summed E-state index contributed by atoms with van der Waals surface area (Å²) < 4.78 is 31.4. The lowest BCUT2D eigenvalue weighted by Gasteiger charge is -2.44. The molecule has 0 spiro atoms. The van der Waals surface area contributed by atoms with Gasteiger partial charge in [0.15, 0.2) is 9.84 Å². The number of hydrogen-bond acceptors (Lipinski definition) is 13. The minimum Gasteiger partial charge on any atom is -0.464 e. The molecule has 4 saturated heterocycles. The van der Waals surface area contributed by atoms with Gasteiger partial charge in [0.2, 0.25) is 17.7 Å². The molecule has 0 N–H and O–H groups in total. The molecule has 0 bridgehead atoms. The number of para-hydroxylation sites is 1. The van der Waals surface area contributed by atoms with E-state index in [9.17, 15) is 27.6 Å². The Morgan fingerprint density at radius 2 is 1.15 bits per heavy atom. The lowest BCUT2D eigenvalue weighted by Crippen LogP contribution is -2.37. The fraction of sp³-hybridized carbons (Fsp3) is 0.609. The summed E-state index contributed by atoms with van der Waals surface area (Å²) in [6.45, 7) is 78.7. The summed E-state index contributed by atoms with van der Waals surface area (Å²) in [5.41, 5.74) is 12.5. The van der Waals surface area contributed by atoms with E-state index in [0.717, 1.165) is 105 Å². The minimum atomic E-state index is -2.68. The van der Waals surface area contributed by atoms with Crippen LogP contribution in [0.1, 0.15) is 322 Å². The molecular formula is C110H169N9O7S3. The number of piperidine rings is 2. The highest BCUT2D eigenvalue weighted by Crippen LogP contribution is 2.50. The lowest BCUT2D eigenvalue weighted by atomic mass is 9.61. The van der Waals surface area contributed by atoms with Crippen molar-refractivity contribution in [1.82, 2.24) is 34.1 Å². The fourth-order valence-electron chi connectivity index (χ4n) is 16.1. The quantitative estimate of drug-likeness (QED) is 0.120. The highest BCUT2D eigenvalue weighted by Gasteiger charge is 2.40. The number of thioether (sulfide) groups is 1. The van der Waals surface area contributed by atoms with Gasteiger partial charge in [0.25, 0.3) is 5.56 Å². The van der Waals surface area contributed by atoms with Crippen LogP contribution in [0.4, 0.5) is 11.4 Å². The predicted octanol–water partition coefficient (Wildman–Crippen LogP) is 26.8. The number of carbonyl (C=O) groups is 3. The van der Waals surface area contributed by atoms with Crippen molar-refractivity contribution in [2.75, 3.05) is 59.8 Å². The maximum absolute atomic E-state index is 12.0. The van der Waals surface area contributed by atoms with Gasteiger partial charge in [0, 0.05) is 90.9 Å². The smallest absolute Gasteiger partial charge is 0.250 e. The Hall–Kier alpha value is -7.87. The molecule has 19 heteroatoms. The van der Waals surface area contributed by atoms with Gasteiger partial charge >= 0.3 is 0 Å². The molecule has 5 fully saturated rings. The molecule has 8 aromatic rings. The molecular weight excluding hydrogens is 1660 g/mol. The van der Waals surface area contributed by atoms with Crippen LogP contribution in [0.15, 0.2) is 184 Å². The average molecular weight is 1830 g/mol. The molecule has 1 saturated carbocycles. The number of pyridine rings is 1. The number of carbonyl (C=O) groups excluding carboxylic acids is 3. The van der Waals surface area contributed by atoms with Crippen molar-refractivity contribution in [1.29, 1.82) is 0 Å². The molecule has 4 aromatic carbocycles. The van der Waals surface area contributed by atoms with Gasteiger partial charge in [-0.1, -0.05) is 278 Å². The molecule has 9 heterocycles. The van der Waals surface area contributed by atoms with E-state index in [1.54, 1.807) is 58.6 Å². The summed E-state index contributed by atoms with van der Waals surface area (Å²) >= 11 is 3.38. The molecule has 2 atom stereocenters. The molecule has 714 valence electrons. The van der Waals surface area contributed by atoms with E-state index in [4.69, 9.17) is 4.42 Å². The van der Waals surface area contributed by atoms with E-state index < -0.39 is 9.84 Å². The number of allylic oxidation sites excluding steroid dienone is 1. The number of thiazole rings is 1. The van der Waals surface area contributed by atoms with E-state index in [1.807, 2.05) is 55.8 Å². The number of amides is 3. The van der Waals surface area contributed by atoms with Gasteiger partial charge in [-0.2, -0.15) is 5.10 Å². The number of likely N-dealkylation sites (tertiary alicyclic amines) is 2. The number of rotatable bonds is 11. The third-order valence-corrected chi connectivity index (χ3v) is 28.9. The normalized spacial score (nSPS) is 18.5. The zero-order chi connectivity index (χ0) is 96.6. The van der Waals surface area contributed by atoms with Crippen molar-refractivity contribution < 1.29 is 27.2 Å². The van der Waals surface area contributed by atoms with Gasteiger partial charge in [-0.05, 0) is 223 Å². The van der Waals surface area contributed by atoms with Crippen LogP contribution in [-0.2, 0) is 60.0 Å². The van der Waals surface area contributed by atoms with Crippen molar-refractivity contribution in [3.8, 4) is 0 Å². The summed E-state index contributed by atoms with van der Waals surface area (Å²) in [5, 5.41) is 7.41. The topological polar surface area (TPSA) is 177 Å². The first-order valence-electron chi connectivity index (χ1n) is 47.5. The summed E-state index contributed by atoms with van der Waals surface area (Å²) in [6.07, 6.45) is 17.0. The molecule has 14 rings (SSSR count). The molecule has 3 amide bonds. The van der Waals surface area contributed by atoms with E-state index in [-0.39, 0.29) is 49.9 Å². The van der Waals surface area contributed by atoms with Crippen LogP contribution >= 0.6 is 23.1 Å². The molecule has 2 unspecified atom stereocenters. The second-order valence-corrected chi connectivity index (χ2v) is 50.9. The van der Waals surface area contributed by atoms with Gasteiger partial charge in [-0.15, -0.1) is 23.1 Å². The van der Waals surface area contributed by atoms with Crippen LogP contribution in [0.2, 0.25) is 0 Å². The number of furan rings is 1. The van der Waals surface area contributed by atoms with Gasteiger partial charge in [-0.25, -0.2) is 23.1 Å². The van der Waals surface area contributed by atoms with Crippen LogP contribution in [0.3, 0.4) is 0 Å². The van der Waals surface area contributed by atoms with Crippen LogP contribution in [0.25, 0.3) is 0 Å². The Morgan fingerprint density at radius 1 is 0.581 bits per heavy atom. The van der Waals surface area contributed by atoms with Gasteiger partial charge in [0.1, 0.15) is 24.2 Å².